The predicted molar refractivity (Wildman–Crippen MR) is 99.6 cm³/mol. The molecule has 0 aliphatic rings. The van der Waals surface area contributed by atoms with Crippen LogP contribution in [-0.2, 0) is 13.0 Å². The van der Waals surface area contributed by atoms with E-state index >= 15 is 0 Å². The number of rotatable bonds is 6. The monoisotopic (exact) mass is 350 g/mol. The van der Waals surface area contributed by atoms with Crippen LogP contribution in [0.2, 0.25) is 5.02 Å². The zero-order chi connectivity index (χ0) is 16.7. The van der Waals surface area contributed by atoms with Gasteiger partial charge >= 0.3 is 0 Å². The number of guanidine groups is 1. The molecule has 1 aromatic heterocycles. The van der Waals surface area contributed by atoms with Crippen LogP contribution >= 0.6 is 22.9 Å². The van der Waals surface area contributed by atoms with Crippen molar-refractivity contribution in [2.45, 2.75) is 33.2 Å². The van der Waals surface area contributed by atoms with E-state index in [1.165, 1.54) is 10.4 Å². The lowest BCUT2D eigenvalue weighted by Gasteiger charge is -2.11. The van der Waals surface area contributed by atoms with Crippen LogP contribution in [0.4, 0.5) is 0 Å². The normalized spacial score (nSPS) is 11.6. The fourth-order valence-electron chi connectivity index (χ4n) is 2.31. The molecule has 2 N–H and O–H groups in total. The molecule has 0 fully saturated rings. The molecule has 0 saturated heterocycles. The molecule has 0 saturated carbocycles. The van der Waals surface area contributed by atoms with Crippen LogP contribution in [0.3, 0.4) is 0 Å². The Bertz CT molecular complexity index is 666. The summed E-state index contributed by atoms with van der Waals surface area (Å²) in [7, 11) is 1.79. The molecule has 0 spiro atoms. The maximum atomic E-state index is 6.17. The minimum atomic E-state index is 0.752. The second-order valence-electron chi connectivity index (χ2n) is 5.29. The highest BCUT2D eigenvalue weighted by molar-refractivity contribution is 7.11. The number of hydrogen-bond acceptors (Lipinski definition) is 3. The van der Waals surface area contributed by atoms with E-state index in [1.54, 1.807) is 18.4 Å². The van der Waals surface area contributed by atoms with Gasteiger partial charge in [-0.1, -0.05) is 29.8 Å². The van der Waals surface area contributed by atoms with Gasteiger partial charge in [-0.15, -0.1) is 11.3 Å². The molecule has 0 bridgehead atoms. The molecule has 2 aromatic rings. The van der Waals surface area contributed by atoms with Gasteiger partial charge < -0.3 is 10.6 Å². The lowest BCUT2D eigenvalue weighted by Crippen LogP contribution is -2.37. The number of nitrogens with zero attached hydrogens (tertiary/aromatic N) is 2. The quantitative estimate of drug-likeness (QED) is 0.474. The predicted octanol–water partition coefficient (Wildman–Crippen LogP) is 3.71. The minimum Gasteiger partial charge on any atom is -0.356 e. The van der Waals surface area contributed by atoms with Crippen LogP contribution < -0.4 is 10.6 Å². The lowest BCUT2D eigenvalue weighted by atomic mass is 10.1. The number of hydrogen-bond donors (Lipinski definition) is 2. The molecule has 4 nitrogen and oxygen atoms in total. The Labute approximate surface area is 147 Å². The molecular formula is C17H23ClN4S. The number of benzene rings is 1. The Morgan fingerprint density at radius 2 is 2.04 bits per heavy atom. The fraction of sp³-hybridized carbons (Fsp3) is 0.412. The van der Waals surface area contributed by atoms with E-state index in [1.807, 2.05) is 32.0 Å². The summed E-state index contributed by atoms with van der Waals surface area (Å²) in [5.41, 5.74) is 2.28. The Morgan fingerprint density at radius 3 is 2.70 bits per heavy atom. The highest BCUT2D eigenvalue weighted by Gasteiger charge is 2.05. The zero-order valence-corrected chi connectivity index (χ0v) is 15.4. The summed E-state index contributed by atoms with van der Waals surface area (Å²) in [4.78, 5) is 9.94. The van der Waals surface area contributed by atoms with Crippen molar-refractivity contribution in [1.29, 1.82) is 0 Å². The lowest BCUT2D eigenvalue weighted by molar-refractivity contribution is 0.743. The van der Waals surface area contributed by atoms with E-state index in [0.717, 1.165) is 47.6 Å². The van der Waals surface area contributed by atoms with Gasteiger partial charge in [-0.2, -0.15) is 0 Å². The van der Waals surface area contributed by atoms with Gasteiger partial charge in [0.05, 0.1) is 17.2 Å². The van der Waals surface area contributed by atoms with Crippen molar-refractivity contribution >= 4 is 28.9 Å². The molecule has 0 aliphatic heterocycles. The van der Waals surface area contributed by atoms with E-state index in [9.17, 15) is 0 Å². The van der Waals surface area contributed by atoms with Crippen molar-refractivity contribution in [3.05, 3.63) is 50.4 Å². The largest absolute Gasteiger partial charge is 0.356 e. The van der Waals surface area contributed by atoms with Gasteiger partial charge in [0, 0.05) is 23.5 Å². The number of halogens is 1. The number of nitrogens with one attached hydrogen (secondary N) is 2. The molecule has 23 heavy (non-hydrogen) atoms. The molecule has 124 valence electrons. The molecule has 0 unspecified atom stereocenters. The van der Waals surface area contributed by atoms with Gasteiger partial charge in [0.1, 0.15) is 0 Å². The summed E-state index contributed by atoms with van der Waals surface area (Å²) < 4.78 is 0. The van der Waals surface area contributed by atoms with Crippen LogP contribution in [0, 0.1) is 13.8 Å². The molecule has 0 amide bonds. The molecular weight excluding hydrogens is 328 g/mol. The van der Waals surface area contributed by atoms with Crippen molar-refractivity contribution in [3.63, 3.8) is 0 Å². The van der Waals surface area contributed by atoms with Crippen LogP contribution in [0.25, 0.3) is 0 Å². The Hall–Kier alpha value is -1.59. The summed E-state index contributed by atoms with van der Waals surface area (Å²) in [5, 5.41) is 8.61. The average Bonchev–Trinajstić information content (AvgIpc) is 2.86. The van der Waals surface area contributed by atoms with Gasteiger partial charge in [-0.25, -0.2) is 4.98 Å². The maximum Gasteiger partial charge on any atom is 0.191 e. The van der Waals surface area contributed by atoms with Crippen LogP contribution in [0.15, 0.2) is 29.3 Å². The number of aromatic nitrogens is 1. The first kappa shape index (κ1) is 17.8. The van der Waals surface area contributed by atoms with E-state index < -0.39 is 0 Å². The van der Waals surface area contributed by atoms with Crippen LogP contribution in [0.1, 0.15) is 27.6 Å². The van der Waals surface area contributed by atoms with Crippen molar-refractivity contribution < 1.29 is 0 Å². The first-order valence-electron chi connectivity index (χ1n) is 7.71. The van der Waals surface area contributed by atoms with Crippen LogP contribution in [-0.4, -0.2) is 24.5 Å². The summed E-state index contributed by atoms with van der Waals surface area (Å²) in [6.45, 7) is 5.68. The minimum absolute atomic E-state index is 0.752. The summed E-state index contributed by atoms with van der Waals surface area (Å²) in [6.07, 6.45) is 1.96. The van der Waals surface area contributed by atoms with E-state index in [0.29, 0.717) is 0 Å². The summed E-state index contributed by atoms with van der Waals surface area (Å²) in [5.74, 6) is 0.814. The molecule has 1 aromatic carbocycles. The van der Waals surface area contributed by atoms with Crippen LogP contribution in [0.5, 0.6) is 0 Å². The van der Waals surface area contributed by atoms with Crippen molar-refractivity contribution in [1.82, 2.24) is 15.6 Å². The third-order valence-corrected chi connectivity index (χ3v) is 4.95. The van der Waals surface area contributed by atoms with Gasteiger partial charge in [0.2, 0.25) is 0 Å². The fourth-order valence-corrected chi connectivity index (χ4v) is 3.42. The molecule has 0 radical (unpaired) electrons. The standard InChI is InChI=1S/C17H23ClN4S/c1-12-16(23-13(2)22-12)11-21-17(19-3)20-10-6-8-14-7-4-5-9-15(14)18/h4-5,7,9H,6,8,10-11H2,1-3H3,(H2,19,20,21). The smallest absolute Gasteiger partial charge is 0.191 e. The van der Waals surface area contributed by atoms with E-state index in [-0.39, 0.29) is 0 Å². The molecule has 2 rings (SSSR count). The van der Waals surface area contributed by atoms with Gasteiger partial charge in [-0.05, 0) is 38.3 Å². The van der Waals surface area contributed by atoms with Gasteiger partial charge in [-0.3, -0.25) is 4.99 Å². The summed E-state index contributed by atoms with van der Waals surface area (Å²) >= 11 is 7.89. The number of aliphatic imine (C=N–C) groups is 1. The van der Waals surface area contributed by atoms with E-state index in [4.69, 9.17) is 11.6 Å². The highest BCUT2D eigenvalue weighted by atomic mass is 35.5. The topological polar surface area (TPSA) is 49.3 Å². The molecule has 6 heteroatoms. The first-order chi connectivity index (χ1) is 11.1. The molecule has 1 heterocycles. The first-order valence-corrected chi connectivity index (χ1v) is 8.90. The van der Waals surface area contributed by atoms with Crippen molar-refractivity contribution in [2.75, 3.05) is 13.6 Å². The zero-order valence-electron chi connectivity index (χ0n) is 13.8. The highest BCUT2D eigenvalue weighted by Crippen LogP contribution is 2.17. The number of aryl methyl sites for hydroxylation is 3. The third kappa shape index (κ3) is 5.52. The third-order valence-electron chi connectivity index (χ3n) is 3.51. The second-order valence-corrected chi connectivity index (χ2v) is 6.98. The van der Waals surface area contributed by atoms with Crippen molar-refractivity contribution in [3.8, 4) is 0 Å². The number of thiazole rings is 1. The average molecular weight is 351 g/mol. The van der Waals surface area contributed by atoms with Crippen molar-refractivity contribution in [2.24, 2.45) is 4.99 Å². The Morgan fingerprint density at radius 1 is 1.26 bits per heavy atom. The SMILES string of the molecule is CN=C(NCCCc1ccccc1Cl)NCc1sc(C)nc1C. The summed E-state index contributed by atoms with van der Waals surface area (Å²) in [6, 6.07) is 7.99. The maximum absolute atomic E-state index is 6.17. The van der Waals surface area contributed by atoms with E-state index in [2.05, 4.69) is 26.7 Å². The second kappa shape index (κ2) is 8.89. The molecule has 0 aliphatic carbocycles. The molecule has 0 atom stereocenters. The Kier molecular flexibility index (Phi) is 6.86. The van der Waals surface area contributed by atoms with Gasteiger partial charge in [0.25, 0.3) is 0 Å². The Balaban J connectivity index is 1.73. The van der Waals surface area contributed by atoms with Gasteiger partial charge in [0.15, 0.2) is 5.96 Å².